The number of carboxylic acid groups (broad SMARTS) is 1. The van der Waals surface area contributed by atoms with Crippen LogP contribution in [-0.4, -0.2) is 48.6 Å². The second-order valence-corrected chi connectivity index (χ2v) is 8.39. The number of aliphatic carboxylic acids is 1. The maximum Gasteiger partial charge on any atom is 0.328 e. The number of ether oxygens (including phenoxy) is 4. The highest BCUT2D eigenvalue weighted by Gasteiger charge is 2.14. The van der Waals surface area contributed by atoms with Gasteiger partial charge in [-0.2, -0.15) is 0 Å². The molecule has 0 saturated carbocycles. The molecule has 0 radical (unpaired) electrons. The second-order valence-electron chi connectivity index (χ2n) is 8.39. The Morgan fingerprint density at radius 2 is 1.19 bits per heavy atom. The first-order valence-corrected chi connectivity index (χ1v) is 12.1. The van der Waals surface area contributed by atoms with Crippen LogP contribution in [0.25, 0.3) is 12.2 Å². The SMILES string of the molecule is O=C(/C=C/C=C/c1ccc2c(c1)OCO2)N1CCCCC1.O=C(O)/C=C/C=C/c1ccc2c(c1)OCO2. The number of benzene rings is 2. The van der Waals surface area contributed by atoms with E-state index in [0.29, 0.717) is 5.75 Å². The van der Waals surface area contributed by atoms with E-state index >= 15 is 0 Å². The van der Waals surface area contributed by atoms with Crippen molar-refractivity contribution in [2.24, 2.45) is 0 Å². The Kier molecular flexibility index (Phi) is 9.02. The Morgan fingerprint density at radius 3 is 1.73 bits per heavy atom. The summed E-state index contributed by atoms with van der Waals surface area (Å²) in [5.41, 5.74) is 1.95. The number of likely N-dealkylation sites (tertiary alicyclic amines) is 1. The molecule has 3 aliphatic rings. The number of carboxylic acids is 1. The molecule has 37 heavy (non-hydrogen) atoms. The molecule has 1 saturated heterocycles. The summed E-state index contributed by atoms with van der Waals surface area (Å²) in [5.74, 6) is 2.14. The van der Waals surface area contributed by atoms with Crippen LogP contribution in [0.3, 0.4) is 0 Å². The third-order valence-electron chi connectivity index (χ3n) is 5.74. The van der Waals surface area contributed by atoms with E-state index in [9.17, 15) is 9.59 Å². The second kappa shape index (κ2) is 13.0. The van der Waals surface area contributed by atoms with E-state index in [1.165, 1.54) is 12.5 Å². The Bertz CT molecular complexity index is 1220. The highest BCUT2D eigenvalue weighted by atomic mass is 16.7. The molecular weight excluding hydrogens is 474 g/mol. The zero-order chi connectivity index (χ0) is 25.9. The maximum atomic E-state index is 11.9. The van der Waals surface area contributed by atoms with Crippen LogP contribution in [0, 0.1) is 0 Å². The van der Waals surface area contributed by atoms with E-state index in [2.05, 4.69) is 0 Å². The average molecular weight is 504 g/mol. The van der Waals surface area contributed by atoms with Gasteiger partial charge in [-0.3, -0.25) is 4.79 Å². The molecule has 1 fully saturated rings. The molecule has 2 aromatic rings. The van der Waals surface area contributed by atoms with Crippen molar-refractivity contribution < 1.29 is 33.6 Å². The number of hydrogen-bond donors (Lipinski definition) is 1. The quantitative estimate of drug-likeness (QED) is 0.435. The molecule has 0 aromatic heterocycles. The highest BCUT2D eigenvalue weighted by Crippen LogP contribution is 2.33. The number of carbonyl (C=O) groups excluding carboxylic acids is 1. The normalized spacial score (nSPS) is 16.1. The standard InChI is InChI=1S/C17H19NO3.C12H10O4/c19-17(18-10-4-1-5-11-18)7-3-2-6-14-8-9-15-16(12-14)21-13-20-15;13-12(14)4-2-1-3-9-5-6-10-11(7-9)16-8-15-10/h2-3,6-9,12H,1,4-5,10-11,13H2;1-7H,8H2,(H,13,14)/b6-2+,7-3+;3-1+,4-2+. The minimum Gasteiger partial charge on any atom is -0.478 e. The summed E-state index contributed by atoms with van der Waals surface area (Å²) in [7, 11) is 0. The number of carbonyl (C=O) groups is 2. The number of piperidine rings is 1. The van der Waals surface area contributed by atoms with Crippen LogP contribution >= 0.6 is 0 Å². The van der Waals surface area contributed by atoms with Gasteiger partial charge in [-0.25, -0.2) is 4.79 Å². The molecule has 192 valence electrons. The number of nitrogens with zero attached hydrogens (tertiary/aromatic N) is 1. The fourth-order valence-corrected chi connectivity index (χ4v) is 3.86. The minimum absolute atomic E-state index is 0.102. The van der Waals surface area contributed by atoms with Crippen molar-refractivity contribution in [3.63, 3.8) is 0 Å². The fourth-order valence-electron chi connectivity index (χ4n) is 3.86. The van der Waals surface area contributed by atoms with E-state index in [0.717, 1.165) is 60.4 Å². The number of rotatable bonds is 6. The molecule has 5 rings (SSSR count). The summed E-state index contributed by atoms with van der Waals surface area (Å²) in [5, 5.41) is 8.38. The molecule has 8 nitrogen and oxygen atoms in total. The molecule has 0 aliphatic carbocycles. The third-order valence-corrected chi connectivity index (χ3v) is 5.74. The van der Waals surface area contributed by atoms with E-state index in [4.69, 9.17) is 24.1 Å². The molecule has 3 aliphatic heterocycles. The zero-order valence-corrected chi connectivity index (χ0v) is 20.4. The van der Waals surface area contributed by atoms with Gasteiger partial charge in [0, 0.05) is 25.2 Å². The maximum absolute atomic E-state index is 11.9. The van der Waals surface area contributed by atoms with Crippen LogP contribution < -0.4 is 18.9 Å². The Balaban J connectivity index is 0.000000180. The smallest absolute Gasteiger partial charge is 0.328 e. The van der Waals surface area contributed by atoms with E-state index in [1.807, 2.05) is 53.5 Å². The van der Waals surface area contributed by atoms with Crippen molar-refractivity contribution in [1.82, 2.24) is 4.90 Å². The Morgan fingerprint density at radius 1 is 0.676 bits per heavy atom. The average Bonchev–Trinajstić information content (AvgIpc) is 3.58. The minimum atomic E-state index is -0.963. The number of fused-ring (bicyclic) bond motifs is 2. The van der Waals surface area contributed by atoms with E-state index in [-0.39, 0.29) is 19.5 Å². The van der Waals surface area contributed by atoms with Crippen molar-refractivity contribution in [3.05, 3.63) is 84.0 Å². The topological polar surface area (TPSA) is 94.5 Å². The van der Waals surface area contributed by atoms with Crippen molar-refractivity contribution >= 4 is 24.0 Å². The molecule has 3 heterocycles. The monoisotopic (exact) mass is 503 g/mol. The van der Waals surface area contributed by atoms with Crippen molar-refractivity contribution in [3.8, 4) is 23.0 Å². The molecule has 8 heteroatoms. The Hall–Kier alpha value is -4.46. The van der Waals surface area contributed by atoms with E-state index < -0.39 is 5.97 Å². The van der Waals surface area contributed by atoms with Gasteiger partial charge in [0.2, 0.25) is 19.5 Å². The lowest BCUT2D eigenvalue weighted by atomic mass is 10.1. The van der Waals surface area contributed by atoms with Crippen molar-refractivity contribution in [2.75, 3.05) is 26.7 Å². The lowest BCUT2D eigenvalue weighted by molar-refractivity contribution is -0.131. The van der Waals surface area contributed by atoms with Crippen LogP contribution in [0.4, 0.5) is 0 Å². The molecule has 2 aromatic carbocycles. The molecule has 0 unspecified atom stereocenters. The van der Waals surface area contributed by atoms with Crippen molar-refractivity contribution in [1.29, 1.82) is 0 Å². The van der Waals surface area contributed by atoms with Gasteiger partial charge in [-0.1, -0.05) is 48.6 Å². The lowest BCUT2D eigenvalue weighted by Crippen LogP contribution is -2.34. The van der Waals surface area contributed by atoms with Crippen LogP contribution in [0.2, 0.25) is 0 Å². The number of allylic oxidation sites excluding steroid dienone is 4. The molecular formula is C29H29NO7. The van der Waals surface area contributed by atoms with E-state index in [1.54, 1.807) is 24.3 Å². The fraction of sp³-hybridized carbons (Fsp3) is 0.241. The third kappa shape index (κ3) is 7.76. The Labute approximate surface area is 215 Å². The van der Waals surface area contributed by atoms with Crippen LogP contribution in [0.15, 0.2) is 72.9 Å². The van der Waals surface area contributed by atoms with Gasteiger partial charge in [-0.05, 0) is 54.7 Å². The first kappa shape index (κ1) is 25.6. The van der Waals surface area contributed by atoms with Crippen LogP contribution in [0.5, 0.6) is 23.0 Å². The van der Waals surface area contributed by atoms with Gasteiger partial charge in [0.05, 0.1) is 0 Å². The predicted octanol–water partition coefficient (Wildman–Crippen LogP) is 5.07. The number of amides is 1. The van der Waals surface area contributed by atoms with Crippen LogP contribution in [-0.2, 0) is 9.59 Å². The van der Waals surface area contributed by atoms with Crippen molar-refractivity contribution in [2.45, 2.75) is 19.3 Å². The zero-order valence-electron chi connectivity index (χ0n) is 20.4. The lowest BCUT2D eigenvalue weighted by Gasteiger charge is -2.25. The van der Waals surface area contributed by atoms with Crippen LogP contribution in [0.1, 0.15) is 30.4 Å². The predicted molar refractivity (Wildman–Crippen MR) is 140 cm³/mol. The summed E-state index contributed by atoms with van der Waals surface area (Å²) in [6.45, 7) is 2.30. The van der Waals surface area contributed by atoms with Gasteiger partial charge < -0.3 is 29.0 Å². The molecule has 0 atom stereocenters. The molecule has 0 spiro atoms. The summed E-state index contributed by atoms with van der Waals surface area (Å²) in [4.78, 5) is 24.0. The van der Waals surface area contributed by atoms with Gasteiger partial charge in [-0.15, -0.1) is 0 Å². The highest BCUT2D eigenvalue weighted by molar-refractivity contribution is 5.88. The molecule has 1 amide bonds. The first-order chi connectivity index (χ1) is 18.1. The van der Waals surface area contributed by atoms with Gasteiger partial charge in [0.15, 0.2) is 23.0 Å². The van der Waals surface area contributed by atoms with Gasteiger partial charge in [0.25, 0.3) is 0 Å². The van der Waals surface area contributed by atoms with Gasteiger partial charge in [0.1, 0.15) is 0 Å². The first-order valence-electron chi connectivity index (χ1n) is 12.1. The van der Waals surface area contributed by atoms with Gasteiger partial charge >= 0.3 is 5.97 Å². The largest absolute Gasteiger partial charge is 0.478 e. The summed E-state index contributed by atoms with van der Waals surface area (Å²) >= 11 is 0. The summed E-state index contributed by atoms with van der Waals surface area (Å²) < 4.78 is 21.0. The summed E-state index contributed by atoms with van der Waals surface area (Å²) in [6, 6.07) is 11.3. The number of hydrogen-bond acceptors (Lipinski definition) is 6. The molecule has 1 N–H and O–H groups in total. The summed E-state index contributed by atoms with van der Waals surface area (Å²) in [6.07, 6.45) is 16.7. The molecule has 0 bridgehead atoms.